The molecule has 8 nitrogen and oxygen atoms in total. The molecule has 3 aromatic rings. The van der Waals surface area contributed by atoms with Crippen LogP contribution in [0.4, 0.5) is 0 Å². The normalized spacial score (nSPS) is 15.2. The molecular weight excluding hydrogens is 607 g/mol. The average Bonchev–Trinajstić information content (AvgIpc) is 3.17. The van der Waals surface area contributed by atoms with E-state index >= 15 is 0 Å². The largest absolute Gasteiger partial charge is 0.494 e. The van der Waals surface area contributed by atoms with Gasteiger partial charge in [-0.25, -0.2) is 9.79 Å². The number of fused-ring (bicyclic) bond motifs is 1. The fourth-order valence-electron chi connectivity index (χ4n) is 4.23. The number of hydrogen-bond acceptors (Lipinski definition) is 8. The minimum absolute atomic E-state index is 0.213. The van der Waals surface area contributed by atoms with Crippen molar-refractivity contribution in [3.63, 3.8) is 0 Å². The molecule has 0 saturated carbocycles. The molecule has 2 aromatic carbocycles. The summed E-state index contributed by atoms with van der Waals surface area (Å²) in [5.74, 6) is 1.30. The van der Waals surface area contributed by atoms with E-state index in [1.165, 1.54) is 11.3 Å². The lowest BCUT2D eigenvalue weighted by molar-refractivity contribution is -0.139. The second kappa shape index (κ2) is 11.5. The van der Waals surface area contributed by atoms with Gasteiger partial charge in [-0.1, -0.05) is 23.5 Å². The molecule has 0 bridgehead atoms. The number of nitrogens with zero attached hydrogens (tertiary/aromatic N) is 2. The Balaban J connectivity index is 1.95. The second-order valence-corrected chi connectivity index (χ2v) is 10.3. The number of aromatic nitrogens is 1. The van der Waals surface area contributed by atoms with Gasteiger partial charge in [0.25, 0.3) is 5.56 Å². The van der Waals surface area contributed by atoms with Crippen molar-refractivity contribution < 1.29 is 23.7 Å². The van der Waals surface area contributed by atoms with Gasteiger partial charge in [-0.15, -0.1) is 0 Å². The number of benzene rings is 2. The van der Waals surface area contributed by atoms with E-state index in [2.05, 4.69) is 27.6 Å². The molecule has 10 heteroatoms. The van der Waals surface area contributed by atoms with Gasteiger partial charge >= 0.3 is 5.97 Å². The van der Waals surface area contributed by atoms with Crippen LogP contribution in [0.3, 0.4) is 0 Å². The number of halogens is 1. The fourth-order valence-corrected chi connectivity index (χ4v) is 5.88. The van der Waals surface area contributed by atoms with Crippen molar-refractivity contribution in [2.45, 2.75) is 26.8 Å². The summed E-state index contributed by atoms with van der Waals surface area (Å²) in [5, 5.41) is 0. The van der Waals surface area contributed by atoms with Gasteiger partial charge < -0.3 is 18.9 Å². The number of hydrogen-bond donors (Lipinski definition) is 0. The SMILES string of the molecule is CCOC(=O)C1=C(C)N=c2s/c(=C\c3cc(I)cc(OC)c3OC)c(=O)n2[C@H]1c1ccc(OCC)cc1. The fraction of sp³-hybridized carbons (Fsp3) is 0.296. The third-order valence-electron chi connectivity index (χ3n) is 5.78. The molecule has 0 radical (unpaired) electrons. The van der Waals surface area contributed by atoms with Crippen molar-refractivity contribution in [1.82, 2.24) is 4.57 Å². The number of thiazole rings is 1. The Bertz CT molecular complexity index is 1540. The van der Waals surface area contributed by atoms with Gasteiger partial charge in [-0.2, -0.15) is 0 Å². The average molecular weight is 634 g/mol. The monoisotopic (exact) mass is 634 g/mol. The summed E-state index contributed by atoms with van der Waals surface area (Å²) in [5.41, 5.74) is 2.03. The minimum atomic E-state index is -0.694. The molecule has 0 N–H and O–H groups in total. The molecule has 0 spiro atoms. The number of allylic oxidation sites excluding steroid dienone is 1. The van der Waals surface area contributed by atoms with E-state index in [9.17, 15) is 9.59 Å². The highest BCUT2D eigenvalue weighted by Gasteiger charge is 2.33. The lowest BCUT2D eigenvalue weighted by Crippen LogP contribution is -2.39. The van der Waals surface area contributed by atoms with E-state index in [-0.39, 0.29) is 12.2 Å². The van der Waals surface area contributed by atoms with Crippen LogP contribution in [0.1, 0.15) is 37.9 Å². The first-order valence-corrected chi connectivity index (χ1v) is 13.6. The van der Waals surface area contributed by atoms with Crippen molar-refractivity contribution in [3.05, 3.63) is 82.1 Å². The van der Waals surface area contributed by atoms with E-state index < -0.39 is 12.0 Å². The third kappa shape index (κ3) is 5.30. The first kappa shape index (κ1) is 26.9. The highest BCUT2D eigenvalue weighted by molar-refractivity contribution is 14.1. The zero-order chi connectivity index (χ0) is 26.7. The number of esters is 1. The second-order valence-electron chi connectivity index (χ2n) is 8.03. The minimum Gasteiger partial charge on any atom is -0.494 e. The smallest absolute Gasteiger partial charge is 0.338 e. The number of carbonyl (C=O) groups is 1. The molecule has 194 valence electrons. The van der Waals surface area contributed by atoms with Crippen molar-refractivity contribution >= 4 is 46.0 Å². The lowest BCUT2D eigenvalue weighted by atomic mass is 9.96. The van der Waals surface area contributed by atoms with E-state index in [0.29, 0.717) is 50.0 Å². The molecule has 1 aliphatic heterocycles. The summed E-state index contributed by atoms with van der Waals surface area (Å²) in [4.78, 5) is 32.0. The van der Waals surface area contributed by atoms with E-state index in [1.54, 1.807) is 38.7 Å². The lowest BCUT2D eigenvalue weighted by Gasteiger charge is -2.24. The number of carbonyl (C=O) groups excluding carboxylic acids is 1. The number of rotatable bonds is 8. The van der Waals surface area contributed by atoms with Crippen LogP contribution in [0.25, 0.3) is 6.08 Å². The number of methoxy groups -OCH3 is 2. The molecule has 37 heavy (non-hydrogen) atoms. The van der Waals surface area contributed by atoms with Crippen molar-refractivity contribution in [1.29, 1.82) is 0 Å². The standard InChI is InChI=1S/C27H27IN2O6S/c1-6-35-19-10-8-16(9-11-19)23-22(26(32)36-7-2)15(3)29-27-30(23)25(31)21(37-27)13-17-12-18(28)14-20(33-4)24(17)34-5/h8-14,23H,6-7H2,1-5H3/b21-13-/t23-/m0/s1. The first-order valence-electron chi connectivity index (χ1n) is 11.7. The summed E-state index contributed by atoms with van der Waals surface area (Å²) in [6.45, 7) is 6.17. The molecule has 0 amide bonds. The highest BCUT2D eigenvalue weighted by atomic mass is 127. The van der Waals surface area contributed by atoms with E-state index in [1.807, 2.05) is 43.3 Å². The predicted molar refractivity (Wildman–Crippen MR) is 150 cm³/mol. The van der Waals surface area contributed by atoms with Gasteiger partial charge in [0.15, 0.2) is 16.3 Å². The van der Waals surface area contributed by atoms with Gasteiger partial charge in [0.1, 0.15) is 5.75 Å². The Hall–Kier alpha value is -3.12. The molecule has 1 aliphatic rings. The summed E-state index contributed by atoms with van der Waals surface area (Å²) in [6, 6.07) is 10.5. The Morgan fingerprint density at radius 2 is 1.86 bits per heavy atom. The molecule has 0 fully saturated rings. The van der Waals surface area contributed by atoms with Crippen LogP contribution in [0.2, 0.25) is 0 Å². The molecule has 1 aromatic heterocycles. The van der Waals surface area contributed by atoms with Gasteiger partial charge in [0.05, 0.1) is 49.3 Å². The Kier molecular flexibility index (Phi) is 8.38. The third-order valence-corrected chi connectivity index (χ3v) is 7.39. The maximum atomic E-state index is 13.9. The Labute approximate surface area is 232 Å². The van der Waals surface area contributed by atoms with Gasteiger partial charge in [0, 0.05) is 9.13 Å². The van der Waals surface area contributed by atoms with Crippen LogP contribution in [0.5, 0.6) is 17.2 Å². The molecule has 0 aliphatic carbocycles. The highest BCUT2D eigenvalue weighted by Crippen LogP contribution is 2.34. The van der Waals surface area contributed by atoms with Crippen molar-refractivity contribution in [2.75, 3.05) is 27.4 Å². The molecule has 0 saturated heterocycles. The predicted octanol–water partition coefficient (Wildman–Crippen LogP) is 3.82. The van der Waals surface area contributed by atoms with Gasteiger partial charge in [-0.05, 0) is 79.3 Å². The van der Waals surface area contributed by atoms with Crippen molar-refractivity contribution in [3.8, 4) is 17.2 Å². The molecule has 1 atom stereocenters. The molecule has 2 heterocycles. The maximum Gasteiger partial charge on any atom is 0.338 e. The van der Waals surface area contributed by atoms with Crippen LogP contribution in [0.15, 0.2) is 57.5 Å². The van der Waals surface area contributed by atoms with Crippen LogP contribution >= 0.6 is 33.9 Å². The zero-order valence-electron chi connectivity index (χ0n) is 21.2. The first-order chi connectivity index (χ1) is 17.8. The van der Waals surface area contributed by atoms with Crippen LogP contribution in [-0.4, -0.2) is 38.0 Å². The quantitative estimate of drug-likeness (QED) is 0.277. The zero-order valence-corrected chi connectivity index (χ0v) is 24.1. The Morgan fingerprint density at radius 3 is 2.49 bits per heavy atom. The summed E-state index contributed by atoms with van der Waals surface area (Å²) >= 11 is 3.45. The summed E-state index contributed by atoms with van der Waals surface area (Å²) in [6.07, 6.45) is 1.77. The molecule has 0 unspecified atom stereocenters. The van der Waals surface area contributed by atoms with Gasteiger partial charge in [-0.3, -0.25) is 9.36 Å². The van der Waals surface area contributed by atoms with Crippen molar-refractivity contribution in [2.24, 2.45) is 4.99 Å². The summed E-state index contributed by atoms with van der Waals surface area (Å²) < 4.78 is 24.9. The van der Waals surface area contributed by atoms with Crippen LogP contribution in [0, 0.1) is 3.57 Å². The topological polar surface area (TPSA) is 88.4 Å². The number of ether oxygens (including phenoxy) is 4. The van der Waals surface area contributed by atoms with Crippen LogP contribution in [-0.2, 0) is 9.53 Å². The molecule has 4 rings (SSSR count). The van der Waals surface area contributed by atoms with E-state index in [4.69, 9.17) is 18.9 Å². The van der Waals surface area contributed by atoms with Crippen LogP contribution < -0.4 is 29.1 Å². The maximum absolute atomic E-state index is 13.9. The Morgan fingerprint density at radius 1 is 1.14 bits per heavy atom. The van der Waals surface area contributed by atoms with Gasteiger partial charge in [0.2, 0.25) is 0 Å². The molecular formula is C27H27IN2O6S. The van der Waals surface area contributed by atoms with E-state index in [0.717, 1.165) is 9.13 Å². The summed E-state index contributed by atoms with van der Waals surface area (Å²) in [7, 11) is 3.13.